The molecule has 1 saturated heterocycles. The number of anilines is 1. The molecule has 0 aliphatic carbocycles. The molecule has 0 atom stereocenters. The van der Waals surface area contributed by atoms with Crippen LogP contribution >= 0.6 is 0 Å². The molecular weight excluding hydrogens is 236 g/mol. The summed E-state index contributed by atoms with van der Waals surface area (Å²) in [6.45, 7) is 6.82. The van der Waals surface area contributed by atoms with Gasteiger partial charge in [0.25, 0.3) is 0 Å². The highest BCUT2D eigenvalue weighted by atomic mass is 15.2. The molecular formula is C15H22N4. The molecule has 0 radical (unpaired) electrons. The van der Waals surface area contributed by atoms with Crippen LogP contribution in [-0.2, 0) is 0 Å². The maximum atomic E-state index is 8.79. The number of hydrogen-bond acceptors (Lipinski definition) is 4. The van der Waals surface area contributed by atoms with Crippen molar-refractivity contribution in [2.45, 2.75) is 38.8 Å². The summed E-state index contributed by atoms with van der Waals surface area (Å²) in [5, 5.41) is 8.79. The number of nitrogens with zero attached hydrogens (tertiary/aromatic N) is 4. The molecule has 4 nitrogen and oxygen atoms in total. The summed E-state index contributed by atoms with van der Waals surface area (Å²) in [4.78, 5) is 9.14. The molecule has 0 N–H and O–H groups in total. The third kappa shape index (κ3) is 3.24. The molecule has 2 rings (SSSR count). The zero-order valence-corrected chi connectivity index (χ0v) is 12.0. The Morgan fingerprint density at radius 2 is 2.05 bits per heavy atom. The van der Waals surface area contributed by atoms with Crippen molar-refractivity contribution in [3.8, 4) is 6.07 Å². The summed E-state index contributed by atoms with van der Waals surface area (Å²) in [5.74, 6) is 0.960. The third-order valence-corrected chi connectivity index (χ3v) is 4.02. The minimum atomic E-state index is 0.551. The van der Waals surface area contributed by atoms with Gasteiger partial charge < -0.3 is 9.80 Å². The molecule has 2 heterocycles. The van der Waals surface area contributed by atoms with Crippen LogP contribution in [0, 0.1) is 11.3 Å². The number of nitriles is 1. The quantitative estimate of drug-likeness (QED) is 0.834. The highest BCUT2D eigenvalue weighted by Gasteiger charge is 2.24. The molecule has 4 heteroatoms. The van der Waals surface area contributed by atoms with Crippen molar-refractivity contribution in [1.29, 1.82) is 5.26 Å². The summed E-state index contributed by atoms with van der Waals surface area (Å²) in [7, 11) is 2.10. The van der Waals surface area contributed by atoms with E-state index in [0.717, 1.165) is 18.9 Å². The number of piperidine rings is 1. The Kier molecular flexibility index (Phi) is 4.39. The van der Waals surface area contributed by atoms with Crippen molar-refractivity contribution in [1.82, 2.24) is 9.88 Å². The van der Waals surface area contributed by atoms with Crippen LogP contribution < -0.4 is 4.90 Å². The molecule has 0 aromatic carbocycles. The van der Waals surface area contributed by atoms with Gasteiger partial charge in [0.1, 0.15) is 11.9 Å². The van der Waals surface area contributed by atoms with Crippen molar-refractivity contribution in [2.75, 3.05) is 25.0 Å². The number of likely N-dealkylation sites (tertiary alicyclic amines) is 1. The second-order valence-electron chi connectivity index (χ2n) is 5.49. The lowest BCUT2D eigenvalue weighted by atomic mass is 10.0. The maximum Gasteiger partial charge on any atom is 0.128 e. The standard InChI is InChI=1S/C15H22N4/c1-12(2)19-8-6-14(7-9-19)18(3)15-5-4-13(10-16)11-17-15/h4-5,11-12,14H,6-9H2,1-3H3. The van der Waals surface area contributed by atoms with E-state index < -0.39 is 0 Å². The zero-order chi connectivity index (χ0) is 13.8. The molecule has 0 bridgehead atoms. The maximum absolute atomic E-state index is 8.79. The zero-order valence-electron chi connectivity index (χ0n) is 12.0. The van der Waals surface area contributed by atoms with Crippen LogP contribution in [0.15, 0.2) is 18.3 Å². The van der Waals surface area contributed by atoms with Gasteiger partial charge in [-0.25, -0.2) is 4.98 Å². The number of pyridine rings is 1. The minimum absolute atomic E-state index is 0.551. The van der Waals surface area contributed by atoms with Crippen molar-refractivity contribution in [3.63, 3.8) is 0 Å². The van der Waals surface area contributed by atoms with Crippen molar-refractivity contribution in [2.24, 2.45) is 0 Å². The van der Waals surface area contributed by atoms with Crippen LogP contribution in [0.5, 0.6) is 0 Å². The van der Waals surface area contributed by atoms with Crippen LogP contribution in [-0.4, -0.2) is 42.1 Å². The Labute approximate surface area is 115 Å². The van der Waals surface area contributed by atoms with Gasteiger partial charge in [-0.1, -0.05) is 0 Å². The molecule has 19 heavy (non-hydrogen) atoms. The van der Waals surface area contributed by atoms with Gasteiger partial charge in [0.2, 0.25) is 0 Å². The summed E-state index contributed by atoms with van der Waals surface area (Å²) >= 11 is 0. The van der Waals surface area contributed by atoms with Crippen LogP contribution in [0.25, 0.3) is 0 Å². The summed E-state index contributed by atoms with van der Waals surface area (Å²) in [6, 6.07) is 7.07. The van der Waals surface area contributed by atoms with Gasteiger partial charge in [-0.15, -0.1) is 0 Å². The second kappa shape index (κ2) is 6.03. The Morgan fingerprint density at radius 1 is 1.37 bits per heavy atom. The van der Waals surface area contributed by atoms with E-state index in [4.69, 9.17) is 5.26 Å². The van der Waals surface area contributed by atoms with Crippen LogP contribution in [0.3, 0.4) is 0 Å². The molecule has 0 saturated carbocycles. The number of rotatable bonds is 3. The van der Waals surface area contributed by atoms with E-state index >= 15 is 0 Å². The average molecular weight is 258 g/mol. The van der Waals surface area contributed by atoms with E-state index in [9.17, 15) is 0 Å². The first-order chi connectivity index (χ1) is 9.11. The Balaban J connectivity index is 1.97. The Bertz CT molecular complexity index is 438. The fourth-order valence-corrected chi connectivity index (χ4v) is 2.64. The lowest BCUT2D eigenvalue weighted by molar-refractivity contribution is 0.171. The number of aromatic nitrogens is 1. The molecule has 102 valence electrons. The normalized spacial score (nSPS) is 17.4. The molecule has 1 aliphatic heterocycles. The van der Waals surface area contributed by atoms with Gasteiger partial charge in [-0.2, -0.15) is 5.26 Å². The largest absolute Gasteiger partial charge is 0.357 e. The van der Waals surface area contributed by atoms with Crippen LogP contribution in [0.2, 0.25) is 0 Å². The first-order valence-electron chi connectivity index (χ1n) is 6.95. The predicted molar refractivity (Wildman–Crippen MR) is 77.1 cm³/mol. The first kappa shape index (κ1) is 13.8. The van der Waals surface area contributed by atoms with E-state index in [1.807, 2.05) is 12.1 Å². The first-order valence-corrected chi connectivity index (χ1v) is 6.95. The fourth-order valence-electron chi connectivity index (χ4n) is 2.64. The molecule has 0 spiro atoms. The SMILES string of the molecule is CC(C)N1CCC(N(C)c2ccc(C#N)cn2)CC1. The molecule has 1 fully saturated rings. The van der Waals surface area contributed by atoms with Gasteiger partial charge in [0.15, 0.2) is 0 Å². The van der Waals surface area contributed by atoms with E-state index in [1.165, 1.54) is 12.8 Å². The lowest BCUT2D eigenvalue weighted by Gasteiger charge is -2.39. The van der Waals surface area contributed by atoms with Gasteiger partial charge in [-0.05, 0) is 38.8 Å². The fraction of sp³-hybridized carbons (Fsp3) is 0.600. The predicted octanol–water partition coefficient (Wildman–Crippen LogP) is 2.26. The van der Waals surface area contributed by atoms with Gasteiger partial charge in [0.05, 0.1) is 5.56 Å². The van der Waals surface area contributed by atoms with Crippen molar-refractivity contribution >= 4 is 5.82 Å². The van der Waals surface area contributed by atoms with Gasteiger partial charge in [-0.3, -0.25) is 0 Å². The third-order valence-electron chi connectivity index (χ3n) is 4.02. The second-order valence-corrected chi connectivity index (χ2v) is 5.49. The summed E-state index contributed by atoms with van der Waals surface area (Å²) < 4.78 is 0. The average Bonchev–Trinajstić information content (AvgIpc) is 2.46. The molecule has 1 aromatic rings. The topological polar surface area (TPSA) is 43.2 Å². The smallest absolute Gasteiger partial charge is 0.128 e. The van der Waals surface area contributed by atoms with Crippen molar-refractivity contribution < 1.29 is 0 Å². The minimum Gasteiger partial charge on any atom is -0.357 e. The van der Waals surface area contributed by atoms with E-state index in [1.54, 1.807) is 6.20 Å². The molecule has 0 unspecified atom stereocenters. The van der Waals surface area contributed by atoms with Gasteiger partial charge >= 0.3 is 0 Å². The monoisotopic (exact) mass is 258 g/mol. The summed E-state index contributed by atoms with van der Waals surface area (Å²) in [6.07, 6.45) is 4.00. The summed E-state index contributed by atoms with van der Waals surface area (Å²) in [5.41, 5.74) is 0.617. The Morgan fingerprint density at radius 3 is 2.53 bits per heavy atom. The Hall–Kier alpha value is -1.60. The molecule has 1 aromatic heterocycles. The highest BCUT2D eigenvalue weighted by molar-refractivity contribution is 5.42. The number of hydrogen-bond donors (Lipinski definition) is 0. The van der Waals surface area contributed by atoms with Crippen LogP contribution in [0.1, 0.15) is 32.3 Å². The molecule has 1 aliphatic rings. The van der Waals surface area contributed by atoms with Gasteiger partial charge in [0, 0.05) is 38.4 Å². The van der Waals surface area contributed by atoms with E-state index in [2.05, 4.69) is 41.7 Å². The van der Waals surface area contributed by atoms with E-state index in [0.29, 0.717) is 17.6 Å². The van der Waals surface area contributed by atoms with Crippen LogP contribution in [0.4, 0.5) is 5.82 Å². The van der Waals surface area contributed by atoms with Crippen molar-refractivity contribution in [3.05, 3.63) is 23.9 Å². The highest BCUT2D eigenvalue weighted by Crippen LogP contribution is 2.21. The molecule has 0 amide bonds. The lowest BCUT2D eigenvalue weighted by Crippen LogP contribution is -2.45. The van der Waals surface area contributed by atoms with E-state index in [-0.39, 0.29) is 0 Å².